The topological polar surface area (TPSA) is 110 Å². The number of methoxy groups -OCH3 is 2. The van der Waals surface area contributed by atoms with Gasteiger partial charge in [0.1, 0.15) is 22.9 Å². The van der Waals surface area contributed by atoms with Crippen LogP contribution in [-0.2, 0) is 9.53 Å². The SMILES string of the molecule is CCOC(=O)CCN(CC)c1ccc(N=Nc2cc(OC)c(N=Nc3ccncc3)cc2OC)cc1. The van der Waals surface area contributed by atoms with Crippen LogP contribution in [0.2, 0.25) is 0 Å². The monoisotopic (exact) mass is 490 g/mol. The average Bonchev–Trinajstić information content (AvgIpc) is 2.92. The van der Waals surface area contributed by atoms with E-state index in [0.29, 0.717) is 53.8 Å². The van der Waals surface area contributed by atoms with Gasteiger partial charge in [0.05, 0.1) is 38.6 Å². The number of carbonyl (C=O) groups is 1. The van der Waals surface area contributed by atoms with E-state index in [-0.39, 0.29) is 5.97 Å². The summed E-state index contributed by atoms with van der Waals surface area (Å²) in [6.45, 7) is 5.58. The van der Waals surface area contributed by atoms with E-state index in [0.717, 1.165) is 12.2 Å². The van der Waals surface area contributed by atoms with Crippen LogP contribution in [0.3, 0.4) is 0 Å². The molecule has 0 aliphatic heterocycles. The van der Waals surface area contributed by atoms with Gasteiger partial charge in [-0.3, -0.25) is 9.78 Å². The Morgan fingerprint density at radius 1 is 0.833 bits per heavy atom. The van der Waals surface area contributed by atoms with Crippen LogP contribution in [-0.4, -0.2) is 44.9 Å². The number of azo groups is 2. The molecule has 0 bridgehead atoms. The van der Waals surface area contributed by atoms with Gasteiger partial charge in [-0.1, -0.05) is 0 Å². The van der Waals surface area contributed by atoms with Crippen molar-refractivity contribution in [2.45, 2.75) is 20.3 Å². The highest BCUT2D eigenvalue weighted by atomic mass is 16.5. The maximum absolute atomic E-state index is 11.7. The lowest BCUT2D eigenvalue weighted by molar-refractivity contribution is -0.142. The number of pyridine rings is 1. The van der Waals surface area contributed by atoms with Crippen LogP contribution >= 0.6 is 0 Å². The zero-order valence-electron chi connectivity index (χ0n) is 20.9. The second-order valence-corrected chi connectivity index (χ2v) is 7.45. The molecule has 0 saturated carbocycles. The Kier molecular flexibility index (Phi) is 9.87. The van der Waals surface area contributed by atoms with Crippen molar-refractivity contribution < 1.29 is 19.0 Å². The average molecular weight is 491 g/mol. The van der Waals surface area contributed by atoms with Gasteiger partial charge in [0.15, 0.2) is 0 Å². The lowest BCUT2D eigenvalue weighted by atomic mass is 10.2. The third-order valence-corrected chi connectivity index (χ3v) is 5.18. The van der Waals surface area contributed by atoms with Gasteiger partial charge in [0.25, 0.3) is 0 Å². The van der Waals surface area contributed by atoms with E-state index in [4.69, 9.17) is 14.2 Å². The van der Waals surface area contributed by atoms with E-state index in [1.165, 1.54) is 0 Å². The Hall–Kier alpha value is -4.34. The predicted molar refractivity (Wildman–Crippen MR) is 138 cm³/mol. The molecule has 0 saturated heterocycles. The second kappa shape index (κ2) is 13.5. The van der Waals surface area contributed by atoms with E-state index < -0.39 is 0 Å². The summed E-state index contributed by atoms with van der Waals surface area (Å²) in [4.78, 5) is 17.8. The summed E-state index contributed by atoms with van der Waals surface area (Å²) >= 11 is 0. The third-order valence-electron chi connectivity index (χ3n) is 5.18. The summed E-state index contributed by atoms with van der Waals surface area (Å²) in [6.07, 6.45) is 3.62. The van der Waals surface area contributed by atoms with Gasteiger partial charge in [-0.05, 0) is 50.2 Å². The van der Waals surface area contributed by atoms with Crippen molar-refractivity contribution in [3.8, 4) is 11.5 Å². The van der Waals surface area contributed by atoms with Crippen LogP contribution in [0.15, 0.2) is 81.4 Å². The Bertz CT molecular complexity index is 1180. The molecule has 1 heterocycles. The van der Waals surface area contributed by atoms with Crippen LogP contribution < -0.4 is 14.4 Å². The molecule has 0 unspecified atom stereocenters. The highest BCUT2D eigenvalue weighted by Crippen LogP contribution is 2.41. The minimum atomic E-state index is -0.199. The van der Waals surface area contributed by atoms with Gasteiger partial charge >= 0.3 is 5.97 Å². The zero-order valence-corrected chi connectivity index (χ0v) is 20.9. The molecule has 3 aromatic rings. The first kappa shape index (κ1) is 26.3. The number of rotatable bonds is 12. The first-order valence-electron chi connectivity index (χ1n) is 11.6. The van der Waals surface area contributed by atoms with Crippen molar-refractivity contribution in [1.82, 2.24) is 4.98 Å². The number of esters is 1. The van der Waals surface area contributed by atoms with E-state index in [1.807, 2.05) is 31.2 Å². The fourth-order valence-electron chi connectivity index (χ4n) is 3.31. The normalized spacial score (nSPS) is 11.1. The molecule has 0 radical (unpaired) electrons. The largest absolute Gasteiger partial charge is 0.494 e. The molecule has 0 aliphatic rings. The lowest BCUT2D eigenvalue weighted by Gasteiger charge is -2.22. The number of anilines is 1. The molecule has 1 aromatic heterocycles. The lowest BCUT2D eigenvalue weighted by Crippen LogP contribution is -2.26. The fourth-order valence-corrected chi connectivity index (χ4v) is 3.31. The zero-order chi connectivity index (χ0) is 25.8. The Balaban J connectivity index is 1.75. The summed E-state index contributed by atoms with van der Waals surface area (Å²) in [5, 5.41) is 17.2. The molecule has 0 N–H and O–H groups in total. The molecule has 36 heavy (non-hydrogen) atoms. The van der Waals surface area contributed by atoms with Crippen LogP contribution in [0.25, 0.3) is 0 Å². The molecule has 0 spiro atoms. The molecule has 0 fully saturated rings. The number of aromatic nitrogens is 1. The number of carbonyl (C=O) groups excluding carboxylic acids is 1. The minimum Gasteiger partial charge on any atom is -0.494 e. The van der Waals surface area contributed by atoms with Crippen molar-refractivity contribution in [1.29, 1.82) is 0 Å². The van der Waals surface area contributed by atoms with E-state index in [9.17, 15) is 4.79 Å². The summed E-state index contributed by atoms with van der Waals surface area (Å²) in [5.74, 6) is 0.768. The molecule has 10 nitrogen and oxygen atoms in total. The van der Waals surface area contributed by atoms with E-state index >= 15 is 0 Å². The molecule has 2 aromatic carbocycles. The summed E-state index contributed by atoms with van der Waals surface area (Å²) in [5.41, 5.74) is 3.31. The summed E-state index contributed by atoms with van der Waals surface area (Å²) < 4.78 is 16.0. The number of benzene rings is 2. The molecule has 0 aliphatic carbocycles. The summed E-state index contributed by atoms with van der Waals surface area (Å²) in [7, 11) is 3.10. The number of ether oxygens (including phenoxy) is 3. The second-order valence-electron chi connectivity index (χ2n) is 7.45. The minimum absolute atomic E-state index is 0.199. The number of nitrogens with zero attached hydrogens (tertiary/aromatic N) is 6. The maximum atomic E-state index is 11.7. The van der Waals surface area contributed by atoms with Gasteiger partial charge in [-0.15, -0.1) is 10.2 Å². The van der Waals surface area contributed by atoms with Crippen molar-refractivity contribution in [2.24, 2.45) is 20.5 Å². The quantitative estimate of drug-likeness (QED) is 0.206. The fraction of sp³-hybridized carbons (Fsp3) is 0.308. The van der Waals surface area contributed by atoms with Gasteiger partial charge in [0.2, 0.25) is 0 Å². The number of hydrogen-bond acceptors (Lipinski definition) is 10. The number of hydrogen-bond donors (Lipinski definition) is 0. The van der Waals surface area contributed by atoms with Crippen molar-refractivity contribution in [3.63, 3.8) is 0 Å². The molecule has 0 amide bonds. The van der Waals surface area contributed by atoms with Gasteiger partial charge in [0, 0.05) is 43.3 Å². The Morgan fingerprint density at radius 2 is 1.39 bits per heavy atom. The highest BCUT2D eigenvalue weighted by molar-refractivity contribution is 5.70. The first-order chi connectivity index (χ1) is 17.6. The highest BCUT2D eigenvalue weighted by Gasteiger charge is 2.12. The van der Waals surface area contributed by atoms with Gasteiger partial charge in [-0.25, -0.2) is 0 Å². The van der Waals surface area contributed by atoms with Crippen molar-refractivity contribution >= 4 is 34.4 Å². The van der Waals surface area contributed by atoms with Gasteiger partial charge < -0.3 is 19.1 Å². The first-order valence-corrected chi connectivity index (χ1v) is 11.6. The van der Waals surface area contributed by atoms with Crippen molar-refractivity contribution in [2.75, 3.05) is 38.8 Å². The third kappa shape index (κ3) is 7.33. The van der Waals surface area contributed by atoms with Crippen molar-refractivity contribution in [3.05, 3.63) is 60.9 Å². The van der Waals surface area contributed by atoms with Crippen LogP contribution in [0, 0.1) is 0 Å². The van der Waals surface area contributed by atoms with Crippen LogP contribution in [0.5, 0.6) is 11.5 Å². The Labute approximate surface area is 210 Å². The molecule has 0 atom stereocenters. The molecule has 10 heteroatoms. The predicted octanol–water partition coefficient (Wildman–Crippen LogP) is 6.71. The smallest absolute Gasteiger partial charge is 0.307 e. The molecule has 188 valence electrons. The molecular weight excluding hydrogens is 460 g/mol. The van der Waals surface area contributed by atoms with Gasteiger partial charge in [-0.2, -0.15) is 10.2 Å². The van der Waals surface area contributed by atoms with E-state index in [2.05, 4.69) is 30.3 Å². The van der Waals surface area contributed by atoms with E-state index in [1.54, 1.807) is 57.8 Å². The van der Waals surface area contributed by atoms with Crippen LogP contribution in [0.1, 0.15) is 20.3 Å². The Morgan fingerprint density at radius 3 is 1.89 bits per heavy atom. The summed E-state index contributed by atoms with van der Waals surface area (Å²) in [6, 6.07) is 14.5. The maximum Gasteiger partial charge on any atom is 0.307 e. The molecular formula is C26H30N6O4. The van der Waals surface area contributed by atoms with Crippen LogP contribution in [0.4, 0.5) is 28.4 Å². The molecule has 3 rings (SSSR count). The standard InChI is InChI=1S/C26H30N6O4/c1-5-32(16-13-26(33)36-6-2)21-9-7-19(8-10-21)28-30-22-17-25(35-4)23(18-24(22)34-3)31-29-20-11-14-27-15-12-20/h7-12,14-15,17-18H,5-6,13,16H2,1-4H3.